The molecule has 0 amide bonds. The summed E-state index contributed by atoms with van der Waals surface area (Å²) < 4.78 is 0. The Morgan fingerprint density at radius 3 is 2.60 bits per heavy atom. The topological polar surface area (TPSA) is 49.3 Å². The van der Waals surface area contributed by atoms with Gasteiger partial charge in [0.05, 0.1) is 16.0 Å². The van der Waals surface area contributed by atoms with Crippen LogP contribution in [0.5, 0.6) is 0 Å². The van der Waals surface area contributed by atoms with E-state index < -0.39 is 5.97 Å². The molecule has 20 heavy (non-hydrogen) atoms. The van der Waals surface area contributed by atoms with Crippen LogP contribution in [0.25, 0.3) is 0 Å². The van der Waals surface area contributed by atoms with Gasteiger partial charge in [-0.3, -0.25) is 4.79 Å². The quantitative estimate of drug-likeness (QED) is 0.869. The molecule has 0 spiro atoms. The molecule has 0 radical (unpaired) electrons. The van der Waals surface area contributed by atoms with Gasteiger partial charge in [0.15, 0.2) is 0 Å². The number of benzene rings is 1. The fourth-order valence-electron chi connectivity index (χ4n) is 2.70. The lowest BCUT2D eigenvalue weighted by atomic mass is 9.86. The van der Waals surface area contributed by atoms with Crippen molar-refractivity contribution in [2.45, 2.75) is 38.1 Å². The Morgan fingerprint density at radius 1 is 1.25 bits per heavy atom. The molecule has 2 rings (SSSR count). The summed E-state index contributed by atoms with van der Waals surface area (Å²) in [6, 6.07) is 6.09. The van der Waals surface area contributed by atoms with Gasteiger partial charge in [-0.25, -0.2) is 0 Å². The van der Waals surface area contributed by atoms with Crippen LogP contribution in [0.3, 0.4) is 0 Å². The van der Waals surface area contributed by atoms with Crippen LogP contribution in [0.4, 0.5) is 0 Å². The minimum Gasteiger partial charge on any atom is -0.481 e. The molecule has 0 saturated heterocycles. The van der Waals surface area contributed by atoms with Crippen LogP contribution in [-0.4, -0.2) is 23.7 Å². The van der Waals surface area contributed by atoms with Gasteiger partial charge in [0.2, 0.25) is 0 Å². The molecule has 0 heterocycles. The Balaban J connectivity index is 1.74. The summed E-state index contributed by atoms with van der Waals surface area (Å²) in [6.45, 7) is 0.836. The third-order valence-corrected chi connectivity index (χ3v) is 4.79. The number of carboxylic acids is 1. The molecule has 0 unspecified atom stereocenters. The van der Waals surface area contributed by atoms with Crippen molar-refractivity contribution in [2.75, 3.05) is 6.54 Å². The number of halogens is 2. The Morgan fingerprint density at radius 2 is 1.95 bits per heavy atom. The zero-order valence-electron chi connectivity index (χ0n) is 11.2. The standard InChI is InChI=1S/C15H19Cl2NO2/c16-13-3-1-2-10(14(13)17)8-9-18-12-6-4-11(5-7-12)15(19)20/h1-3,11-12,18H,4-9H2,(H,19,20). The van der Waals surface area contributed by atoms with Crippen LogP contribution in [-0.2, 0) is 11.2 Å². The van der Waals surface area contributed by atoms with E-state index in [1.807, 2.05) is 12.1 Å². The minimum atomic E-state index is -0.658. The van der Waals surface area contributed by atoms with E-state index in [-0.39, 0.29) is 5.92 Å². The summed E-state index contributed by atoms with van der Waals surface area (Å²) in [5, 5.41) is 13.7. The van der Waals surface area contributed by atoms with Gasteiger partial charge in [0, 0.05) is 6.04 Å². The van der Waals surface area contributed by atoms with Crippen molar-refractivity contribution in [2.24, 2.45) is 5.92 Å². The van der Waals surface area contributed by atoms with Crippen molar-refractivity contribution in [1.29, 1.82) is 0 Å². The first-order valence-electron chi connectivity index (χ1n) is 6.97. The number of carbonyl (C=O) groups is 1. The van der Waals surface area contributed by atoms with Gasteiger partial charge >= 0.3 is 5.97 Å². The summed E-state index contributed by atoms with van der Waals surface area (Å²) in [6.07, 6.45) is 4.23. The molecular weight excluding hydrogens is 297 g/mol. The summed E-state index contributed by atoms with van der Waals surface area (Å²) in [5.74, 6) is -0.815. The summed E-state index contributed by atoms with van der Waals surface area (Å²) >= 11 is 12.1. The highest BCUT2D eigenvalue weighted by Gasteiger charge is 2.25. The monoisotopic (exact) mass is 315 g/mol. The van der Waals surface area contributed by atoms with Crippen molar-refractivity contribution >= 4 is 29.2 Å². The maximum Gasteiger partial charge on any atom is 0.306 e. The SMILES string of the molecule is O=C(O)C1CCC(NCCc2cccc(Cl)c2Cl)CC1. The molecule has 1 aliphatic rings. The van der Waals surface area contributed by atoms with Gasteiger partial charge in [0.25, 0.3) is 0 Å². The lowest BCUT2D eigenvalue weighted by Gasteiger charge is -2.27. The lowest BCUT2D eigenvalue weighted by molar-refractivity contribution is -0.142. The predicted octanol–water partition coefficient (Wildman–Crippen LogP) is 3.77. The Bertz CT molecular complexity index is 471. The fraction of sp³-hybridized carbons (Fsp3) is 0.533. The van der Waals surface area contributed by atoms with E-state index in [4.69, 9.17) is 28.3 Å². The number of hydrogen-bond acceptors (Lipinski definition) is 2. The fourth-order valence-corrected chi connectivity index (χ4v) is 3.11. The summed E-state index contributed by atoms with van der Waals surface area (Å²) in [5.41, 5.74) is 1.05. The number of hydrogen-bond donors (Lipinski definition) is 2. The Labute approximate surface area is 129 Å². The van der Waals surface area contributed by atoms with Crippen LogP contribution in [0.2, 0.25) is 10.0 Å². The van der Waals surface area contributed by atoms with E-state index in [1.165, 1.54) is 0 Å². The second-order valence-electron chi connectivity index (χ2n) is 5.30. The first kappa shape index (κ1) is 15.6. The molecule has 0 bridgehead atoms. The van der Waals surface area contributed by atoms with Crippen LogP contribution in [0.1, 0.15) is 31.2 Å². The predicted molar refractivity (Wildman–Crippen MR) is 81.6 cm³/mol. The second-order valence-corrected chi connectivity index (χ2v) is 6.09. The smallest absolute Gasteiger partial charge is 0.306 e. The average molecular weight is 316 g/mol. The number of rotatable bonds is 5. The normalized spacial score (nSPS) is 22.7. The molecule has 5 heteroatoms. The molecule has 1 aromatic carbocycles. The largest absolute Gasteiger partial charge is 0.481 e. The van der Waals surface area contributed by atoms with Crippen LogP contribution in [0, 0.1) is 5.92 Å². The van der Waals surface area contributed by atoms with Crippen molar-refractivity contribution in [3.05, 3.63) is 33.8 Å². The van der Waals surface area contributed by atoms with E-state index in [0.29, 0.717) is 16.1 Å². The molecule has 1 saturated carbocycles. The molecule has 1 aromatic rings. The Hall–Kier alpha value is -0.770. The van der Waals surface area contributed by atoms with E-state index in [2.05, 4.69) is 5.32 Å². The summed E-state index contributed by atoms with van der Waals surface area (Å²) in [4.78, 5) is 10.9. The van der Waals surface area contributed by atoms with E-state index in [1.54, 1.807) is 6.07 Å². The van der Waals surface area contributed by atoms with E-state index in [0.717, 1.165) is 44.2 Å². The van der Waals surface area contributed by atoms with Gasteiger partial charge in [-0.1, -0.05) is 35.3 Å². The highest BCUT2D eigenvalue weighted by atomic mass is 35.5. The number of nitrogens with one attached hydrogen (secondary N) is 1. The molecule has 1 aliphatic carbocycles. The zero-order chi connectivity index (χ0) is 14.5. The van der Waals surface area contributed by atoms with Gasteiger partial charge < -0.3 is 10.4 Å². The molecule has 0 atom stereocenters. The van der Waals surface area contributed by atoms with Crippen LogP contribution in [0.15, 0.2) is 18.2 Å². The molecule has 3 nitrogen and oxygen atoms in total. The van der Waals surface area contributed by atoms with Crippen molar-refractivity contribution in [1.82, 2.24) is 5.32 Å². The maximum absolute atomic E-state index is 10.9. The van der Waals surface area contributed by atoms with Gasteiger partial charge in [-0.2, -0.15) is 0 Å². The molecule has 110 valence electrons. The van der Waals surface area contributed by atoms with Crippen molar-refractivity contribution in [3.8, 4) is 0 Å². The second kappa shape index (κ2) is 7.30. The minimum absolute atomic E-state index is 0.157. The number of aliphatic carboxylic acids is 1. The maximum atomic E-state index is 10.9. The van der Waals surface area contributed by atoms with E-state index in [9.17, 15) is 4.79 Å². The van der Waals surface area contributed by atoms with Crippen molar-refractivity contribution < 1.29 is 9.90 Å². The van der Waals surface area contributed by atoms with Gasteiger partial charge in [-0.15, -0.1) is 0 Å². The molecule has 0 aliphatic heterocycles. The van der Waals surface area contributed by atoms with Gasteiger partial charge in [0.1, 0.15) is 0 Å². The number of carboxylic acid groups (broad SMARTS) is 1. The van der Waals surface area contributed by atoms with Crippen LogP contribution < -0.4 is 5.32 Å². The van der Waals surface area contributed by atoms with Crippen molar-refractivity contribution in [3.63, 3.8) is 0 Å². The first-order valence-corrected chi connectivity index (χ1v) is 7.72. The van der Waals surface area contributed by atoms with Gasteiger partial charge in [-0.05, 0) is 50.3 Å². The Kier molecular flexibility index (Phi) is 5.70. The summed E-state index contributed by atoms with van der Waals surface area (Å²) in [7, 11) is 0. The average Bonchev–Trinajstić information content (AvgIpc) is 2.44. The molecular formula is C15H19Cl2NO2. The molecule has 0 aromatic heterocycles. The molecule has 1 fully saturated rings. The highest BCUT2D eigenvalue weighted by molar-refractivity contribution is 6.42. The van der Waals surface area contributed by atoms with E-state index >= 15 is 0 Å². The zero-order valence-corrected chi connectivity index (χ0v) is 12.8. The third kappa shape index (κ3) is 4.11. The highest BCUT2D eigenvalue weighted by Crippen LogP contribution is 2.26. The lowest BCUT2D eigenvalue weighted by Crippen LogP contribution is -2.36. The first-order chi connectivity index (χ1) is 9.58. The molecule has 2 N–H and O–H groups in total. The third-order valence-electron chi connectivity index (χ3n) is 3.94. The van der Waals surface area contributed by atoms with Crippen LogP contribution >= 0.6 is 23.2 Å².